The molecule has 2 heteroatoms. The van der Waals surface area contributed by atoms with E-state index in [4.69, 9.17) is 23.2 Å². The average Bonchev–Trinajstić information content (AvgIpc) is 2.19. The van der Waals surface area contributed by atoms with Crippen LogP contribution in [0.4, 0.5) is 0 Å². The lowest BCUT2D eigenvalue weighted by atomic mass is 10.2. The molecule has 12 heavy (non-hydrogen) atoms. The van der Waals surface area contributed by atoms with Gasteiger partial charge in [-0.05, 0) is 5.56 Å². The Kier molecular flexibility index (Phi) is 8.30. The Hall–Kier alpha value is -0.460. The van der Waals surface area contributed by atoms with Crippen LogP contribution in [0.5, 0.6) is 0 Å². The fraction of sp³-hybridized carbons (Fsp3) is 0.200. The molecule has 66 valence electrons. The van der Waals surface area contributed by atoms with E-state index in [9.17, 15) is 0 Å². The van der Waals surface area contributed by atoms with Gasteiger partial charge in [0.25, 0.3) is 0 Å². The van der Waals surface area contributed by atoms with Crippen molar-refractivity contribution in [3.05, 3.63) is 48.6 Å². The van der Waals surface area contributed by atoms with Gasteiger partial charge in [-0.25, -0.2) is 0 Å². The van der Waals surface area contributed by atoms with Crippen LogP contribution in [0.15, 0.2) is 43.0 Å². The first-order valence-corrected chi connectivity index (χ1v) is 4.68. The van der Waals surface area contributed by atoms with Crippen molar-refractivity contribution in [2.75, 3.05) is 5.88 Å². The number of halogens is 2. The van der Waals surface area contributed by atoms with Crippen molar-refractivity contribution in [1.82, 2.24) is 0 Å². The summed E-state index contributed by atoms with van der Waals surface area (Å²) >= 11 is 10.6. The second-order valence-electron chi connectivity index (χ2n) is 2.06. The maximum absolute atomic E-state index is 5.53. The first-order chi connectivity index (χ1) is 5.85. The summed E-state index contributed by atoms with van der Waals surface area (Å²) in [5, 5.41) is 0. The summed E-state index contributed by atoms with van der Waals surface area (Å²) in [6.45, 7) is 3.35. The van der Waals surface area contributed by atoms with Gasteiger partial charge in [0.05, 0.1) is 0 Å². The molecule has 0 spiro atoms. The van der Waals surface area contributed by atoms with E-state index in [0.29, 0.717) is 11.8 Å². The first kappa shape index (κ1) is 11.5. The van der Waals surface area contributed by atoms with Crippen molar-refractivity contribution >= 4 is 23.2 Å². The number of rotatable bonds is 2. The Morgan fingerprint density at radius 3 is 1.92 bits per heavy atom. The number of hydrogen-bond acceptors (Lipinski definition) is 0. The molecule has 0 N–H and O–H groups in total. The molecule has 0 aliphatic rings. The van der Waals surface area contributed by atoms with Crippen LogP contribution in [0.2, 0.25) is 0 Å². The minimum Gasteiger partial charge on any atom is -0.122 e. The van der Waals surface area contributed by atoms with Gasteiger partial charge < -0.3 is 0 Å². The molecule has 0 heterocycles. The zero-order chi connectivity index (χ0) is 9.23. The number of allylic oxidation sites excluding steroid dienone is 1. The molecule has 0 unspecified atom stereocenters. The van der Waals surface area contributed by atoms with Gasteiger partial charge in [-0.15, -0.1) is 29.8 Å². The van der Waals surface area contributed by atoms with E-state index in [1.807, 2.05) is 30.3 Å². The van der Waals surface area contributed by atoms with Crippen molar-refractivity contribution in [3.8, 4) is 0 Å². The van der Waals surface area contributed by atoms with Crippen LogP contribution in [0.25, 0.3) is 0 Å². The third-order valence-electron chi connectivity index (χ3n) is 1.11. The SMILES string of the molecule is C=CCCl.ClCc1ccccc1. The molecule has 1 aromatic rings. The predicted molar refractivity (Wildman–Crippen MR) is 56.9 cm³/mol. The van der Waals surface area contributed by atoms with E-state index in [1.54, 1.807) is 6.08 Å². The van der Waals surface area contributed by atoms with Crippen molar-refractivity contribution < 1.29 is 0 Å². The topological polar surface area (TPSA) is 0 Å². The van der Waals surface area contributed by atoms with Gasteiger partial charge in [0.1, 0.15) is 0 Å². The molecule has 0 aliphatic carbocycles. The zero-order valence-electron chi connectivity index (χ0n) is 6.84. The molecule has 1 aromatic carbocycles. The Morgan fingerprint density at radius 1 is 1.17 bits per heavy atom. The Morgan fingerprint density at radius 2 is 1.67 bits per heavy atom. The lowest BCUT2D eigenvalue weighted by Gasteiger charge is -1.88. The van der Waals surface area contributed by atoms with E-state index < -0.39 is 0 Å². The predicted octanol–water partition coefficient (Wildman–Crippen LogP) is 3.84. The lowest BCUT2D eigenvalue weighted by Crippen LogP contribution is -1.71. The molecule has 0 amide bonds. The molecule has 1 rings (SSSR count). The highest BCUT2D eigenvalue weighted by Crippen LogP contribution is 2.00. The quantitative estimate of drug-likeness (QED) is 0.506. The molecule has 0 nitrogen and oxygen atoms in total. The normalized spacial score (nSPS) is 8.17. The average molecular weight is 203 g/mol. The molecule has 0 saturated carbocycles. The summed E-state index contributed by atoms with van der Waals surface area (Å²) in [5.41, 5.74) is 1.18. The zero-order valence-corrected chi connectivity index (χ0v) is 8.35. The second kappa shape index (κ2) is 8.63. The van der Waals surface area contributed by atoms with Gasteiger partial charge in [-0.3, -0.25) is 0 Å². The van der Waals surface area contributed by atoms with E-state index >= 15 is 0 Å². The summed E-state index contributed by atoms with van der Waals surface area (Å²) in [6.07, 6.45) is 1.64. The number of benzene rings is 1. The summed E-state index contributed by atoms with van der Waals surface area (Å²) in [6, 6.07) is 9.96. The lowest BCUT2D eigenvalue weighted by molar-refractivity contribution is 1.41. The van der Waals surface area contributed by atoms with Crippen molar-refractivity contribution in [3.63, 3.8) is 0 Å². The van der Waals surface area contributed by atoms with Crippen molar-refractivity contribution in [2.24, 2.45) is 0 Å². The van der Waals surface area contributed by atoms with Gasteiger partial charge in [0, 0.05) is 11.8 Å². The van der Waals surface area contributed by atoms with Gasteiger partial charge in [-0.1, -0.05) is 36.4 Å². The minimum absolute atomic E-state index is 0.556. The molecule has 0 saturated heterocycles. The van der Waals surface area contributed by atoms with Crippen molar-refractivity contribution in [2.45, 2.75) is 5.88 Å². The maximum Gasteiger partial charge on any atom is 0.0474 e. The van der Waals surface area contributed by atoms with E-state index in [2.05, 4.69) is 6.58 Å². The molecule has 0 aromatic heterocycles. The van der Waals surface area contributed by atoms with Crippen LogP contribution < -0.4 is 0 Å². The summed E-state index contributed by atoms with van der Waals surface area (Å²) < 4.78 is 0. The number of hydrogen-bond donors (Lipinski definition) is 0. The largest absolute Gasteiger partial charge is 0.122 e. The fourth-order valence-corrected chi connectivity index (χ4v) is 0.745. The smallest absolute Gasteiger partial charge is 0.0474 e. The van der Waals surface area contributed by atoms with Gasteiger partial charge >= 0.3 is 0 Å². The Bertz CT molecular complexity index is 194. The highest BCUT2D eigenvalue weighted by molar-refractivity contribution is 6.18. The molecule has 0 atom stereocenters. The third kappa shape index (κ3) is 6.26. The van der Waals surface area contributed by atoms with Gasteiger partial charge in [0.15, 0.2) is 0 Å². The Labute approximate surface area is 83.8 Å². The van der Waals surface area contributed by atoms with Crippen LogP contribution in [0.1, 0.15) is 5.56 Å². The summed E-state index contributed by atoms with van der Waals surface area (Å²) in [4.78, 5) is 0. The van der Waals surface area contributed by atoms with Crippen LogP contribution in [0.3, 0.4) is 0 Å². The first-order valence-electron chi connectivity index (χ1n) is 3.62. The molecular weight excluding hydrogens is 191 g/mol. The van der Waals surface area contributed by atoms with Crippen LogP contribution in [-0.4, -0.2) is 5.88 Å². The van der Waals surface area contributed by atoms with Crippen LogP contribution >= 0.6 is 23.2 Å². The summed E-state index contributed by atoms with van der Waals surface area (Å²) in [7, 11) is 0. The number of alkyl halides is 2. The van der Waals surface area contributed by atoms with Crippen LogP contribution in [0, 0.1) is 0 Å². The van der Waals surface area contributed by atoms with E-state index in [1.165, 1.54) is 5.56 Å². The van der Waals surface area contributed by atoms with Crippen molar-refractivity contribution in [1.29, 1.82) is 0 Å². The maximum atomic E-state index is 5.53. The molecular formula is C10H12Cl2. The monoisotopic (exact) mass is 202 g/mol. The highest BCUT2D eigenvalue weighted by Gasteiger charge is 1.81. The van der Waals surface area contributed by atoms with Crippen LogP contribution in [-0.2, 0) is 5.88 Å². The molecule has 0 radical (unpaired) electrons. The Balaban J connectivity index is 0.000000261. The van der Waals surface area contributed by atoms with Gasteiger partial charge in [0.2, 0.25) is 0 Å². The minimum atomic E-state index is 0.556. The standard InChI is InChI=1S/C7H7Cl.C3H5Cl/c8-6-7-4-2-1-3-5-7;1-2-3-4/h1-5H,6H2;2H,1,3H2. The molecule has 0 aliphatic heterocycles. The van der Waals surface area contributed by atoms with Gasteiger partial charge in [-0.2, -0.15) is 0 Å². The summed E-state index contributed by atoms with van der Waals surface area (Å²) in [5.74, 6) is 1.17. The fourth-order valence-electron chi connectivity index (χ4n) is 0.567. The highest BCUT2D eigenvalue weighted by atomic mass is 35.5. The van der Waals surface area contributed by atoms with E-state index in [0.717, 1.165) is 0 Å². The molecule has 0 fully saturated rings. The second-order valence-corrected chi connectivity index (χ2v) is 2.64. The molecule has 0 bridgehead atoms. The van der Waals surface area contributed by atoms with E-state index in [-0.39, 0.29) is 0 Å². The third-order valence-corrected chi connectivity index (χ3v) is 1.63.